The fourth-order valence-corrected chi connectivity index (χ4v) is 4.59. The number of amides is 2. The summed E-state index contributed by atoms with van der Waals surface area (Å²) in [5.41, 5.74) is 1.90. The molecule has 2 amide bonds. The Morgan fingerprint density at radius 2 is 1.80 bits per heavy atom. The minimum Gasteiger partial charge on any atom is -0.493 e. The average molecular weight is 544 g/mol. The fraction of sp³-hybridized carbons (Fsp3) is 0.333. The van der Waals surface area contributed by atoms with Crippen LogP contribution in [0.3, 0.4) is 0 Å². The molecule has 0 spiro atoms. The Hall–Kier alpha value is -4.60. The van der Waals surface area contributed by atoms with Crippen molar-refractivity contribution in [2.45, 2.75) is 52.2 Å². The molecule has 1 aliphatic rings. The smallest absolute Gasteiger partial charge is 0.249 e. The molecule has 0 fully saturated rings. The molecule has 10 nitrogen and oxygen atoms in total. The molecule has 40 heavy (non-hydrogen) atoms. The lowest BCUT2D eigenvalue weighted by Crippen LogP contribution is -2.51. The van der Waals surface area contributed by atoms with E-state index in [2.05, 4.69) is 15.6 Å². The first kappa shape index (κ1) is 27.0. The van der Waals surface area contributed by atoms with Gasteiger partial charge >= 0.3 is 0 Å². The molecule has 1 atom stereocenters. The van der Waals surface area contributed by atoms with Gasteiger partial charge in [0.15, 0.2) is 11.5 Å². The number of anilines is 1. The number of nitrogens with one attached hydrogen (secondary N) is 1. The highest BCUT2D eigenvalue weighted by Crippen LogP contribution is 2.40. The quantitative estimate of drug-likeness (QED) is 0.311. The van der Waals surface area contributed by atoms with Gasteiger partial charge in [0, 0.05) is 22.9 Å². The summed E-state index contributed by atoms with van der Waals surface area (Å²) in [6.45, 7) is 8.11. The third-order valence-electron chi connectivity index (χ3n) is 6.97. The van der Waals surface area contributed by atoms with Crippen molar-refractivity contribution in [1.82, 2.24) is 20.3 Å². The number of para-hydroxylation sites is 2. The van der Waals surface area contributed by atoms with Crippen molar-refractivity contribution in [3.05, 3.63) is 72.3 Å². The number of fused-ring (bicyclic) bond motifs is 2. The molecule has 0 bridgehead atoms. The molecule has 3 aromatic carbocycles. The second-order valence-corrected chi connectivity index (χ2v) is 10.1. The zero-order valence-corrected chi connectivity index (χ0v) is 23.1. The van der Waals surface area contributed by atoms with Crippen molar-refractivity contribution in [2.24, 2.45) is 0 Å². The monoisotopic (exact) mass is 543 g/mol. The highest BCUT2D eigenvalue weighted by Gasteiger charge is 2.37. The van der Waals surface area contributed by atoms with Crippen LogP contribution in [0.1, 0.15) is 45.7 Å². The number of hydrogen-bond donors (Lipinski definition) is 1. The van der Waals surface area contributed by atoms with E-state index in [1.807, 2.05) is 70.2 Å². The molecule has 4 aromatic rings. The van der Waals surface area contributed by atoms with Crippen LogP contribution in [0.5, 0.6) is 17.2 Å². The van der Waals surface area contributed by atoms with Gasteiger partial charge in [-0.2, -0.15) is 0 Å². The summed E-state index contributed by atoms with van der Waals surface area (Å²) >= 11 is 0. The first-order valence-corrected chi connectivity index (χ1v) is 13.3. The fourth-order valence-electron chi connectivity index (χ4n) is 4.59. The lowest BCUT2D eigenvalue weighted by Gasteiger charge is -2.35. The second-order valence-electron chi connectivity index (χ2n) is 10.1. The summed E-state index contributed by atoms with van der Waals surface area (Å²) in [6.07, 6.45) is 0.696. The largest absolute Gasteiger partial charge is 0.493 e. The first-order valence-electron chi connectivity index (χ1n) is 13.3. The maximum absolute atomic E-state index is 14.3. The van der Waals surface area contributed by atoms with E-state index in [0.717, 1.165) is 0 Å². The van der Waals surface area contributed by atoms with E-state index in [9.17, 15) is 9.59 Å². The molecule has 1 N–H and O–H groups in total. The maximum atomic E-state index is 14.3. The highest BCUT2D eigenvalue weighted by atomic mass is 16.7. The van der Waals surface area contributed by atoms with Crippen LogP contribution in [0.25, 0.3) is 11.0 Å². The molecule has 0 unspecified atom stereocenters. The van der Waals surface area contributed by atoms with Gasteiger partial charge in [-0.15, -0.1) is 5.10 Å². The third kappa shape index (κ3) is 5.42. The van der Waals surface area contributed by atoms with Crippen LogP contribution in [0, 0.1) is 0 Å². The summed E-state index contributed by atoms with van der Waals surface area (Å²) < 4.78 is 18.6. The molecule has 0 saturated carbocycles. The molecule has 2 heterocycles. The SMILES string of the molecule is CCOc1ccccc1[C@@H](C(=O)NC(C)(C)CC)N(C(=O)Cn1nnc2ccccc21)c1ccc2c(c1)OCO2. The number of carbonyl (C=O) groups excluding carboxylic acids is 2. The van der Waals surface area contributed by atoms with Crippen LogP contribution in [-0.4, -0.2) is 45.7 Å². The second kappa shape index (κ2) is 11.3. The number of rotatable bonds is 10. The zero-order chi connectivity index (χ0) is 28.3. The molecule has 208 valence electrons. The predicted octanol–water partition coefficient (Wildman–Crippen LogP) is 4.64. The van der Waals surface area contributed by atoms with E-state index in [-0.39, 0.29) is 25.2 Å². The van der Waals surface area contributed by atoms with Gasteiger partial charge < -0.3 is 19.5 Å². The lowest BCUT2D eigenvalue weighted by atomic mass is 9.97. The van der Waals surface area contributed by atoms with E-state index in [1.165, 1.54) is 9.58 Å². The summed E-state index contributed by atoms with van der Waals surface area (Å²) in [5.74, 6) is 0.877. The van der Waals surface area contributed by atoms with Gasteiger partial charge in [0.25, 0.3) is 0 Å². The van der Waals surface area contributed by atoms with Crippen LogP contribution in [0.4, 0.5) is 5.69 Å². The summed E-state index contributed by atoms with van der Waals surface area (Å²) in [7, 11) is 0. The molecule has 1 aromatic heterocycles. The molecular formula is C30H33N5O5. The maximum Gasteiger partial charge on any atom is 0.249 e. The van der Waals surface area contributed by atoms with Gasteiger partial charge in [-0.05, 0) is 57.5 Å². The Balaban J connectivity index is 1.65. The van der Waals surface area contributed by atoms with Crippen molar-refractivity contribution in [3.8, 4) is 17.2 Å². The van der Waals surface area contributed by atoms with Crippen LogP contribution >= 0.6 is 0 Å². The molecule has 0 saturated heterocycles. The van der Waals surface area contributed by atoms with Crippen LogP contribution in [0.15, 0.2) is 66.7 Å². The van der Waals surface area contributed by atoms with Crippen LogP contribution in [-0.2, 0) is 16.1 Å². The van der Waals surface area contributed by atoms with Gasteiger partial charge in [0.2, 0.25) is 18.6 Å². The molecule has 5 rings (SSSR count). The minimum absolute atomic E-state index is 0.0828. The number of nitrogens with zero attached hydrogens (tertiary/aromatic N) is 4. The Morgan fingerprint density at radius 3 is 2.60 bits per heavy atom. The molecule has 0 aliphatic carbocycles. The topological polar surface area (TPSA) is 108 Å². The molecule has 1 aliphatic heterocycles. The van der Waals surface area contributed by atoms with E-state index in [0.29, 0.717) is 52.6 Å². The minimum atomic E-state index is -1.06. The van der Waals surface area contributed by atoms with Crippen molar-refractivity contribution in [3.63, 3.8) is 0 Å². The summed E-state index contributed by atoms with van der Waals surface area (Å²) in [6, 6.07) is 18.8. The van der Waals surface area contributed by atoms with Crippen LogP contribution < -0.4 is 24.4 Å². The van der Waals surface area contributed by atoms with Crippen LogP contribution in [0.2, 0.25) is 0 Å². The van der Waals surface area contributed by atoms with Crippen molar-refractivity contribution in [1.29, 1.82) is 0 Å². The Bertz CT molecular complexity index is 1530. The Kier molecular flexibility index (Phi) is 7.59. The predicted molar refractivity (Wildman–Crippen MR) is 150 cm³/mol. The van der Waals surface area contributed by atoms with E-state index < -0.39 is 11.6 Å². The Morgan fingerprint density at radius 1 is 1.05 bits per heavy atom. The number of ether oxygens (including phenoxy) is 3. The summed E-state index contributed by atoms with van der Waals surface area (Å²) in [4.78, 5) is 30.0. The number of hydrogen-bond acceptors (Lipinski definition) is 7. The van der Waals surface area contributed by atoms with E-state index >= 15 is 0 Å². The van der Waals surface area contributed by atoms with E-state index in [4.69, 9.17) is 14.2 Å². The number of carbonyl (C=O) groups is 2. The number of benzene rings is 3. The van der Waals surface area contributed by atoms with Gasteiger partial charge in [0.1, 0.15) is 23.9 Å². The van der Waals surface area contributed by atoms with Gasteiger partial charge in [-0.1, -0.05) is 42.5 Å². The molecular weight excluding hydrogens is 510 g/mol. The van der Waals surface area contributed by atoms with Crippen molar-refractivity contribution in [2.75, 3.05) is 18.3 Å². The normalized spacial score (nSPS) is 13.2. The summed E-state index contributed by atoms with van der Waals surface area (Å²) in [5, 5.41) is 11.5. The third-order valence-corrected chi connectivity index (χ3v) is 6.97. The highest BCUT2D eigenvalue weighted by molar-refractivity contribution is 6.02. The Labute approximate surface area is 232 Å². The molecule has 0 radical (unpaired) electrons. The van der Waals surface area contributed by atoms with Gasteiger partial charge in [0.05, 0.1) is 12.1 Å². The van der Waals surface area contributed by atoms with Crippen molar-refractivity contribution >= 4 is 28.5 Å². The lowest BCUT2D eigenvalue weighted by molar-refractivity contribution is -0.128. The standard InChI is InChI=1S/C30H33N5O5/c1-5-30(3,4)31-29(37)28(21-11-7-10-14-24(21)38-6-2)35(20-15-16-25-26(17-20)40-19-39-25)27(36)18-34-23-13-9-8-12-22(23)32-33-34/h7-17,28H,5-6,18-19H2,1-4H3,(H,31,37)/t28-/m0/s1. The van der Waals surface area contributed by atoms with Crippen molar-refractivity contribution < 1.29 is 23.8 Å². The zero-order valence-electron chi connectivity index (χ0n) is 23.1. The molecule has 10 heteroatoms. The number of aromatic nitrogens is 3. The first-order chi connectivity index (χ1) is 19.3. The van der Waals surface area contributed by atoms with Gasteiger partial charge in [-0.25, -0.2) is 4.68 Å². The average Bonchev–Trinajstić information content (AvgIpc) is 3.59. The van der Waals surface area contributed by atoms with E-state index in [1.54, 1.807) is 24.3 Å². The van der Waals surface area contributed by atoms with Gasteiger partial charge in [-0.3, -0.25) is 14.5 Å².